The van der Waals surface area contributed by atoms with Gasteiger partial charge < -0.3 is 9.32 Å². The molecule has 0 aliphatic carbocycles. The second-order valence-corrected chi connectivity index (χ2v) is 5.64. The molecule has 0 aliphatic rings. The molecule has 126 valence electrons. The van der Waals surface area contributed by atoms with Crippen LogP contribution in [0, 0.1) is 11.3 Å². The van der Waals surface area contributed by atoms with Gasteiger partial charge in [-0.3, -0.25) is 9.20 Å². The van der Waals surface area contributed by atoms with Gasteiger partial charge in [0.1, 0.15) is 11.4 Å². The van der Waals surface area contributed by atoms with E-state index in [0.717, 1.165) is 5.69 Å². The van der Waals surface area contributed by atoms with Gasteiger partial charge in [0.25, 0.3) is 5.91 Å². The zero-order valence-corrected chi connectivity index (χ0v) is 13.8. The van der Waals surface area contributed by atoms with Gasteiger partial charge >= 0.3 is 0 Å². The number of nitrogens with zero attached hydrogens (tertiary/aromatic N) is 5. The smallest absolute Gasteiger partial charge is 0.278 e. The molecular weight excluding hydrogens is 330 g/mol. The monoisotopic (exact) mass is 343 g/mol. The number of furan rings is 1. The van der Waals surface area contributed by atoms with E-state index < -0.39 is 0 Å². The fourth-order valence-electron chi connectivity index (χ4n) is 2.65. The summed E-state index contributed by atoms with van der Waals surface area (Å²) >= 11 is 0. The maximum absolute atomic E-state index is 12.8. The van der Waals surface area contributed by atoms with Gasteiger partial charge in [-0.05, 0) is 36.4 Å². The second kappa shape index (κ2) is 6.18. The SMILES string of the molecule is CN(C(=O)c1cn2c(-c3ccco3)cnc2cn1)c1ccc(C#N)cc1. The number of amides is 1. The number of benzene rings is 1. The summed E-state index contributed by atoms with van der Waals surface area (Å²) in [4.78, 5) is 22.8. The van der Waals surface area contributed by atoms with Crippen molar-refractivity contribution in [2.24, 2.45) is 0 Å². The van der Waals surface area contributed by atoms with Gasteiger partial charge in [-0.25, -0.2) is 9.97 Å². The van der Waals surface area contributed by atoms with Crippen LogP contribution in [0.15, 0.2) is 65.7 Å². The zero-order valence-electron chi connectivity index (χ0n) is 13.8. The van der Waals surface area contributed by atoms with Crippen LogP contribution in [-0.4, -0.2) is 27.3 Å². The molecule has 0 saturated heterocycles. The number of aromatic nitrogens is 3. The van der Waals surface area contributed by atoms with Crippen molar-refractivity contribution < 1.29 is 9.21 Å². The third kappa shape index (κ3) is 2.59. The summed E-state index contributed by atoms with van der Waals surface area (Å²) in [5.74, 6) is 0.387. The molecule has 0 bridgehead atoms. The molecule has 0 atom stereocenters. The van der Waals surface area contributed by atoms with Crippen molar-refractivity contribution in [2.45, 2.75) is 0 Å². The Bertz CT molecular complexity index is 1120. The van der Waals surface area contributed by atoms with Crippen molar-refractivity contribution in [1.82, 2.24) is 14.4 Å². The number of carbonyl (C=O) groups excluding carboxylic acids is 1. The van der Waals surface area contributed by atoms with E-state index in [1.54, 1.807) is 66.6 Å². The molecule has 3 heterocycles. The van der Waals surface area contributed by atoms with Crippen LogP contribution in [0.25, 0.3) is 17.1 Å². The summed E-state index contributed by atoms with van der Waals surface area (Å²) in [6.45, 7) is 0. The molecule has 0 radical (unpaired) electrons. The van der Waals surface area contributed by atoms with E-state index in [-0.39, 0.29) is 11.6 Å². The maximum Gasteiger partial charge on any atom is 0.278 e. The topological polar surface area (TPSA) is 87.4 Å². The highest BCUT2D eigenvalue weighted by Gasteiger charge is 2.17. The Morgan fingerprint density at radius 1 is 1.19 bits per heavy atom. The van der Waals surface area contributed by atoms with Gasteiger partial charge in [0.15, 0.2) is 11.4 Å². The first kappa shape index (κ1) is 15.6. The fraction of sp³-hybridized carbons (Fsp3) is 0.0526. The Balaban J connectivity index is 1.70. The Kier molecular flexibility index (Phi) is 3.71. The summed E-state index contributed by atoms with van der Waals surface area (Å²) < 4.78 is 7.19. The van der Waals surface area contributed by atoms with Gasteiger partial charge in [-0.15, -0.1) is 0 Å². The number of carbonyl (C=O) groups is 1. The predicted molar refractivity (Wildman–Crippen MR) is 94.6 cm³/mol. The Morgan fingerprint density at radius 2 is 2.00 bits per heavy atom. The molecule has 1 aromatic carbocycles. The van der Waals surface area contributed by atoms with Gasteiger partial charge in [0.2, 0.25) is 0 Å². The normalized spacial score (nSPS) is 10.6. The zero-order chi connectivity index (χ0) is 18.1. The lowest BCUT2D eigenvalue weighted by molar-refractivity contribution is 0.0988. The van der Waals surface area contributed by atoms with Crippen LogP contribution in [-0.2, 0) is 0 Å². The fourth-order valence-corrected chi connectivity index (χ4v) is 2.65. The van der Waals surface area contributed by atoms with E-state index in [1.165, 1.54) is 4.90 Å². The Labute approximate surface area is 148 Å². The third-order valence-electron chi connectivity index (χ3n) is 4.08. The van der Waals surface area contributed by atoms with Crippen molar-refractivity contribution in [3.05, 3.63) is 72.5 Å². The molecular formula is C19H13N5O2. The third-order valence-corrected chi connectivity index (χ3v) is 4.08. The van der Waals surface area contributed by atoms with Crippen LogP contribution < -0.4 is 4.90 Å². The number of imidazole rings is 1. The maximum atomic E-state index is 12.8. The van der Waals surface area contributed by atoms with Crippen LogP contribution >= 0.6 is 0 Å². The van der Waals surface area contributed by atoms with Crippen molar-refractivity contribution in [2.75, 3.05) is 11.9 Å². The molecule has 0 fully saturated rings. The Morgan fingerprint density at radius 3 is 2.69 bits per heavy atom. The highest BCUT2D eigenvalue weighted by atomic mass is 16.3. The second-order valence-electron chi connectivity index (χ2n) is 5.64. The minimum absolute atomic E-state index is 0.268. The molecule has 7 heteroatoms. The highest BCUT2D eigenvalue weighted by molar-refractivity contribution is 6.04. The molecule has 0 N–H and O–H groups in total. The van der Waals surface area contributed by atoms with E-state index in [0.29, 0.717) is 22.7 Å². The molecule has 7 nitrogen and oxygen atoms in total. The van der Waals surface area contributed by atoms with E-state index in [1.807, 2.05) is 6.07 Å². The molecule has 0 aliphatic heterocycles. The molecule has 4 aromatic rings. The summed E-state index contributed by atoms with van der Waals surface area (Å²) in [5.41, 5.74) is 2.84. The molecule has 26 heavy (non-hydrogen) atoms. The van der Waals surface area contributed by atoms with Crippen LogP contribution in [0.1, 0.15) is 16.1 Å². The molecule has 0 spiro atoms. The lowest BCUT2D eigenvalue weighted by Gasteiger charge is -2.17. The van der Waals surface area contributed by atoms with Crippen LogP contribution in [0.2, 0.25) is 0 Å². The lowest BCUT2D eigenvalue weighted by atomic mass is 10.2. The number of anilines is 1. The largest absolute Gasteiger partial charge is 0.463 e. The lowest BCUT2D eigenvalue weighted by Crippen LogP contribution is -2.27. The first-order chi connectivity index (χ1) is 12.7. The average molecular weight is 343 g/mol. The minimum Gasteiger partial charge on any atom is -0.463 e. The van der Waals surface area contributed by atoms with E-state index in [4.69, 9.17) is 9.68 Å². The molecule has 3 aromatic heterocycles. The Hall–Kier alpha value is -3.92. The number of hydrogen-bond acceptors (Lipinski definition) is 5. The highest BCUT2D eigenvalue weighted by Crippen LogP contribution is 2.22. The average Bonchev–Trinajstić information content (AvgIpc) is 3.35. The predicted octanol–water partition coefficient (Wildman–Crippen LogP) is 3.14. The first-order valence-corrected chi connectivity index (χ1v) is 7.82. The van der Waals surface area contributed by atoms with Gasteiger partial charge in [0.05, 0.1) is 30.3 Å². The number of fused-ring (bicyclic) bond motifs is 1. The van der Waals surface area contributed by atoms with Gasteiger partial charge in [-0.2, -0.15) is 5.26 Å². The van der Waals surface area contributed by atoms with Crippen LogP contribution in [0.3, 0.4) is 0 Å². The van der Waals surface area contributed by atoms with Crippen molar-refractivity contribution in [3.63, 3.8) is 0 Å². The van der Waals surface area contributed by atoms with Crippen LogP contribution in [0.4, 0.5) is 5.69 Å². The van der Waals surface area contributed by atoms with Crippen molar-refractivity contribution in [3.8, 4) is 17.5 Å². The van der Waals surface area contributed by atoms with E-state index in [9.17, 15) is 4.79 Å². The van der Waals surface area contributed by atoms with Crippen LogP contribution in [0.5, 0.6) is 0 Å². The first-order valence-electron chi connectivity index (χ1n) is 7.82. The number of nitriles is 1. The number of rotatable bonds is 3. The summed E-state index contributed by atoms with van der Waals surface area (Å²) in [6.07, 6.45) is 6.45. The molecule has 4 rings (SSSR count). The summed E-state index contributed by atoms with van der Waals surface area (Å²) in [7, 11) is 1.66. The van der Waals surface area contributed by atoms with Crippen molar-refractivity contribution >= 4 is 17.2 Å². The minimum atomic E-state index is -0.268. The molecule has 0 unspecified atom stereocenters. The van der Waals surface area contributed by atoms with Crippen molar-refractivity contribution in [1.29, 1.82) is 5.26 Å². The molecule has 0 saturated carbocycles. The van der Waals surface area contributed by atoms with Gasteiger partial charge in [0, 0.05) is 18.9 Å². The van der Waals surface area contributed by atoms with E-state index >= 15 is 0 Å². The molecule has 1 amide bonds. The number of hydrogen-bond donors (Lipinski definition) is 0. The quantitative estimate of drug-likeness (QED) is 0.570. The van der Waals surface area contributed by atoms with Gasteiger partial charge in [-0.1, -0.05) is 0 Å². The summed E-state index contributed by atoms with van der Waals surface area (Å²) in [5, 5.41) is 8.88. The summed E-state index contributed by atoms with van der Waals surface area (Å²) in [6, 6.07) is 12.5. The van der Waals surface area contributed by atoms with E-state index in [2.05, 4.69) is 16.0 Å². The standard InChI is InChI=1S/C19H13N5O2/c1-23(14-6-4-13(9-20)5-7-14)19(25)15-12-24-16(17-3-2-8-26-17)10-22-18(24)11-21-15/h2-8,10-12H,1H3.